The number of rotatable bonds is 4. The van der Waals surface area contributed by atoms with Gasteiger partial charge >= 0.3 is 6.18 Å². The van der Waals surface area contributed by atoms with Gasteiger partial charge in [-0.3, -0.25) is 0 Å². The molecule has 0 saturated carbocycles. The van der Waals surface area contributed by atoms with Crippen molar-refractivity contribution in [3.8, 4) is 5.88 Å². The summed E-state index contributed by atoms with van der Waals surface area (Å²) in [5, 5.41) is 17.9. The quantitative estimate of drug-likeness (QED) is 0.363. The third kappa shape index (κ3) is 3.37. The molecule has 3 rings (SSSR count). The monoisotopic (exact) mass is 380 g/mol. The third-order valence-electron chi connectivity index (χ3n) is 3.79. The number of aromatic nitrogens is 1. The fourth-order valence-corrected chi connectivity index (χ4v) is 3.64. The lowest BCUT2D eigenvalue weighted by Crippen LogP contribution is -2.08. The highest BCUT2D eigenvalue weighted by atomic mass is 32.2. The molecule has 0 unspecified atom stereocenters. The lowest BCUT2D eigenvalue weighted by atomic mass is 10.1. The number of halogens is 4. The van der Waals surface area contributed by atoms with E-state index in [0.717, 1.165) is 24.0 Å². The summed E-state index contributed by atoms with van der Waals surface area (Å²) in [6, 6.07) is 9.35. The summed E-state index contributed by atoms with van der Waals surface area (Å²) in [6.45, 7) is 0. The lowest BCUT2D eigenvalue weighted by molar-refractivity contribution is -0.138. The molecule has 3 nitrogen and oxygen atoms in total. The van der Waals surface area contributed by atoms with E-state index < -0.39 is 23.4 Å². The number of hydrogen-bond acceptors (Lipinski definition) is 4. The van der Waals surface area contributed by atoms with Gasteiger partial charge in [0.05, 0.1) is 11.1 Å². The molecule has 0 radical (unpaired) electrons. The zero-order valence-electron chi connectivity index (χ0n) is 13.1. The van der Waals surface area contributed by atoms with Gasteiger partial charge in [0.25, 0.3) is 0 Å². The van der Waals surface area contributed by atoms with Crippen LogP contribution in [0.15, 0.2) is 47.5 Å². The fourth-order valence-electron chi connectivity index (χ4n) is 2.62. The van der Waals surface area contributed by atoms with E-state index in [9.17, 15) is 22.7 Å². The zero-order chi connectivity index (χ0) is 18.9. The van der Waals surface area contributed by atoms with Crippen LogP contribution in [0.5, 0.6) is 5.88 Å². The molecule has 0 aliphatic carbocycles. The number of alkyl halides is 3. The van der Waals surface area contributed by atoms with Crippen LogP contribution >= 0.6 is 11.8 Å². The fraction of sp³-hybridized carbons (Fsp3) is 0.111. The molecule has 1 aromatic heterocycles. The number of pyridine rings is 1. The molecular weight excluding hydrogens is 368 g/mol. The average Bonchev–Trinajstić information content (AvgIpc) is 2.60. The molecule has 3 aromatic rings. The van der Waals surface area contributed by atoms with Crippen LogP contribution in [0.3, 0.4) is 0 Å². The van der Waals surface area contributed by atoms with Crippen LogP contribution in [-0.4, -0.2) is 16.3 Å². The molecule has 0 spiro atoms. The Balaban J connectivity index is 2.04. The number of nitrogens with one attached hydrogen (secondary N) is 1. The van der Waals surface area contributed by atoms with E-state index in [1.54, 1.807) is 6.07 Å². The molecule has 2 N–H and O–H groups in total. The predicted molar refractivity (Wildman–Crippen MR) is 92.3 cm³/mol. The minimum absolute atomic E-state index is 0.0154. The van der Waals surface area contributed by atoms with Crippen molar-refractivity contribution < 1.29 is 22.7 Å². The summed E-state index contributed by atoms with van der Waals surface area (Å²) in [5.74, 6) is -1.24. The van der Waals surface area contributed by atoms with Crippen molar-refractivity contribution >= 4 is 28.7 Å². The SMILES string of the molecule is N=Cc1c(O)nc(SCc2ccccc2C(F)(F)F)c2cccc(F)c12. The van der Waals surface area contributed by atoms with E-state index in [2.05, 4.69) is 4.98 Å². The molecule has 8 heteroatoms. The summed E-state index contributed by atoms with van der Waals surface area (Å²) >= 11 is 0.962. The molecule has 0 aliphatic rings. The van der Waals surface area contributed by atoms with Gasteiger partial charge in [0.15, 0.2) is 0 Å². The maximum absolute atomic E-state index is 14.2. The summed E-state index contributed by atoms with van der Waals surface area (Å²) in [6.07, 6.45) is -3.69. The minimum atomic E-state index is -4.48. The molecule has 0 atom stereocenters. The molecule has 134 valence electrons. The van der Waals surface area contributed by atoms with E-state index in [1.165, 1.54) is 30.3 Å². The Bertz CT molecular complexity index is 989. The zero-order valence-corrected chi connectivity index (χ0v) is 14.0. The Morgan fingerprint density at radius 1 is 1.12 bits per heavy atom. The van der Waals surface area contributed by atoms with Gasteiger partial charge in [-0.15, -0.1) is 11.8 Å². The number of nitrogens with zero attached hydrogens (tertiary/aromatic N) is 1. The standard InChI is InChI=1S/C18H12F4N2OS/c19-14-7-3-5-11-15(14)12(8-23)16(25)24-17(11)26-9-10-4-1-2-6-13(10)18(20,21)22/h1-8,23H,9H2,(H,24,25). The molecule has 0 amide bonds. The van der Waals surface area contributed by atoms with Gasteiger partial charge in [-0.25, -0.2) is 9.37 Å². The van der Waals surface area contributed by atoms with Gasteiger partial charge < -0.3 is 10.5 Å². The topological polar surface area (TPSA) is 57.0 Å². The van der Waals surface area contributed by atoms with Crippen LogP contribution in [-0.2, 0) is 11.9 Å². The Hall–Kier alpha value is -2.61. The van der Waals surface area contributed by atoms with E-state index in [0.29, 0.717) is 5.39 Å². The van der Waals surface area contributed by atoms with Crippen LogP contribution in [0.4, 0.5) is 17.6 Å². The van der Waals surface area contributed by atoms with E-state index in [4.69, 9.17) is 5.41 Å². The van der Waals surface area contributed by atoms with Crippen molar-refractivity contribution in [1.82, 2.24) is 4.98 Å². The first-order valence-corrected chi connectivity index (χ1v) is 8.41. The number of thioether (sulfide) groups is 1. The number of fused-ring (bicyclic) bond motifs is 1. The second-order valence-corrected chi connectivity index (χ2v) is 6.37. The molecule has 26 heavy (non-hydrogen) atoms. The summed E-state index contributed by atoms with van der Waals surface area (Å²) in [7, 11) is 0. The Labute approximate surface area is 150 Å². The lowest BCUT2D eigenvalue weighted by Gasteiger charge is -2.13. The van der Waals surface area contributed by atoms with Crippen molar-refractivity contribution in [3.63, 3.8) is 0 Å². The Morgan fingerprint density at radius 3 is 2.54 bits per heavy atom. The van der Waals surface area contributed by atoms with Gasteiger partial charge in [0, 0.05) is 22.7 Å². The largest absolute Gasteiger partial charge is 0.493 e. The first kappa shape index (κ1) is 18.2. The average molecular weight is 380 g/mol. The molecule has 0 saturated heterocycles. The minimum Gasteiger partial charge on any atom is -0.493 e. The highest BCUT2D eigenvalue weighted by Crippen LogP contribution is 2.38. The second kappa shape index (κ2) is 6.95. The van der Waals surface area contributed by atoms with Gasteiger partial charge in [-0.2, -0.15) is 13.2 Å². The van der Waals surface area contributed by atoms with Crippen molar-refractivity contribution in [2.45, 2.75) is 17.0 Å². The Kier molecular flexibility index (Phi) is 4.86. The highest BCUT2D eigenvalue weighted by Gasteiger charge is 2.32. The van der Waals surface area contributed by atoms with Crippen LogP contribution in [0.2, 0.25) is 0 Å². The molecule has 1 heterocycles. The van der Waals surface area contributed by atoms with E-state index in [-0.39, 0.29) is 27.3 Å². The third-order valence-corrected chi connectivity index (χ3v) is 4.83. The van der Waals surface area contributed by atoms with Crippen molar-refractivity contribution in [1.29, 1.82) is 5.41 Å². The van der Waals surface area contributed by atoms with Crippen molar-refractivity contribution in [3.05, 3.63) is 65.0 Å². The first-order chi connectivity index (χ1) is 12.3. The van der Waals surface area contributed by atoms with Crippen LogP contribution < -0.4 is 0 Å². The van der Waals surface area contributed by atoms with Crippen LogP contribution in [0.25, 0.3) is 10.8 Å². The Morgan fingerprint density at radius 2 is 1.85 bits per heavy atom. The first-order valence-electron chi connectivity index (χ1n) is 7.42. The number of benzene rings is 2. The van der Waals surface area contributed by atoms with Crippen LogP contribution in [0.1, 0.15) is 16.7 Å². The second-order valence-electron chi connectivity index (χ2n) is 5.40. The molecular formula is C18H12F4N2OS. The van der Waals surface area contributed by atoms with Gasteiger partial charge in [0.1, 0.15) is 10.8 Å². The van der Waals surface area contributed by atoms with E-state index >= 15 is 0 Å². The molecule has 0 bridgehead atoms. The maximum Gasteiger partial charge on any atom is 0.416 e. The smallest absolute Gasteiger partial charge is 0.416 e. The maximum atomic E-state index is 14.2. The normalized spacial score (nSPS) is 11.7. The molecule has 0 aliphatic heterocycles. The van der Waals surface area contributed by atoms with E-state index in [1.807, 2.05) is 0 Å². The summed E-state index contributed by atoms with van der Waals surface area (Å²) in [4.78, 5) is 3.94. The van der Waals surface area contributed by atoms with Gasteiger partial charge in [0.2, 0.25) is 5.88 Å². The highest BCUT2D eigenvalue weighted by molar-refractivity contribution is 7.98. The molecule has 2 aromatic carbocycles. The predicted octanol–water partition coefficient (Wildman–Crippen LogP) is 5.39. The summed E-state index contributed by atoms with van der Waals surface area (Å²) < 4.78 is 53.5. The summed E-state index contributed by atoms with van der Waals surface area (Å²) in [5.41, 5.74) is -0.756. The number of hydrogen-bond donors (Lipinski definition) is 2. The van der Waals surface area contributed by atoms with Crippen LogP contribution in [0, 0.1) is 11.2 Å². The molecule has 0 fully saturated rings. The number of aromatic hydroxyl groups is 1. The van der Waals surface area contributed by atoms with Crippen molar-refractivity contribution in [2.24, 2.45) is 0 Å². The van der Waals surface area contributed by atoms with Gasteiger partial charge in [-0.1, -0.05) is 30.3 Å². The van der Waals surface area contributed by atoms with Crippen molar-refractivity contribution in [2.75, 3.05) is 0 Å². The van der Waals surface area contributed by atoms with Gasteiger partial charge in [-0.05, 0) is 17.7 Å².